The molecule has 0 heterocycles. The van der Waals surface area contributed by atoms with E-state index in [0.717, 1.165) is 15.4 Å². The minimum Gasteiger partial charge on any atom is -0.354 e. The summed E-state index contributed by atoms with van der Waals surface area (Å²) >= 11 is 6.03. The van der Waals surface area contributed by atoms with Gasteiger partial charge in [0, 0.05) is 18.1 Å². The van der Waals surface area contributed by atoms with E-state index < -0.39 is 28.5 Å². The van der Waals surface area contributed by atoms with Gasteiger partial charge in [-0.25, -0.2) is 8.42 Å². The van der Waals surface area contributed by atoms with Gasteiger partial charge in [-0.3, -0.25) is 13.9 Å². The van der Waals surface area contributed by atoms with Gasteiger partial charge in [0.25, 0.3) is 10.0 Å². The number of carbonyl (C=O) groups is 2. The lowest BCUT2D eigenvalue weighted by molar-refractivity contribution is -0.139. The molecule has 0 aliphatic heterocycles. The van der Waals surface area contributed by atoms with Crippen molar-refractivity contribution in [2.24, 2.45) is 5.92 Å². The highest BCUT2D eigenvalue weighted by atomic mass is 35.5. The number of sulfonamides is 1. The quantitative estimate of drug-likeness (QED) is 0.359. The van der Waals surface area contributed by atoms with E-state index in [4.69, 9.17) is 11.6 Å². The zero-order valence-corrected chi connectivity index (χ0v) is 23.7. The molecule has 9 heteroatoms. The van der Waals surface area contributed by atoms with E-state index in [-0.39, 0.29) is 23.3 Å². The molecule has 0 unspecified atom stereocenters. The number of para-hydroxylation sites is 1. The smallest absolute Gasteiger partial charge is 0.264 e. The minimum atomic E-state index is -4.08. The molecule has 1 N–H and O–H groups in total. The highest BCUT2D eigenvalue weighted by Crippen LogP contribution is 2.25. The Morgan fingerprint density at radius 1 is 0.895 bits per heavy atom. The molecular weight excluding hydrogens is 522 g/mol. The lowest BCUT2D eigenvalue weighted by Crippen LogP contribution is -2.51. The maximum absolute atomic E-state index is 13.8. The Morgan fingerprint density at radius 2 is 1.50 bits per heavy atom. The number of anilines is 1. The molecule has 0 aromatic heterocycles. The van der Waals surface area contributed by atoms with Gasteiger partial charge in [0.1, 0.15) is 12.6 Å². The van der Waals surface area contributed by atoms with Crippen LogP contribution >= 0.6 is 11.6 Å². The molecule has 3 rings (SSSR count). The predicted octanol–water partition coefficient (Wildman–Crippen LogP) is 5.03. The minimum absolute atomic E-state index is 0.0757. The molecule has 0 fully saturated rings. The van der Waals surface area contributed by atoms with Gasteiger partial charge in [-0.2, -0.15) is 0 Å². The molecule has 0 saturated heterocycles. The summed E-state index contributed by atoms with van der Waals surface area (Å²) in [6, 6.07) is 21.1. The zero-order valence-electron chi connectivity index (χ0n) is 22.1. The third-order valence-electron chi connectivity index (χ3n) is 6.05. The summed E-state index contributed by atoms with van der Waals surface area (Å²) in [5.74, 6) is -0.583. The molecule has 0 bridgehead atoms. The van der Waals surface area contributed by atoms with Crippen molar-refractivity contribution in [3.63, 3.8) is 0 Å². The summed E-state index contributed by atoms with van der Waals surface area (Å²) in [6.45, 7) is 7.57. The third-order valence-corrected chi connectivity index (χ3v) is 8.09. The van der Waals surface area contributed by atoms with Gasteiger partial charge in [0.15, 0.2) is 0 Å². The number of carbonyl (C=O) groups excluding carboxylic acids is 2. The topological polar surface area (TPSA) is 86.8 Å². The van der Waals surface area contributed by atoms with E-state index in [1.165, 1.54) is 17.0 Å². The van der Waals surface area contributed by atoms with Crippen LogP contribution in [0, 0.1) is 12.8 Å². The molecule has 1 atom stereocenters. The van der Waals surface area contributed by atoms with Crippen LogP contribution in [0.25, 0.3) is 0 Å². The molecule has 0 aliphatic rings. The first-order valence-electron chi connectivity index (χ1n) is 12.4. The molecule has 202 valence electrons. The van der Waals surface area contributed by atoms with E-state index in [1.807, 2.05) is 20.8 Å². The SMILES string of the molecule is Cc1ccc(S(=O)(=O)N(CC(=O)N(Cc2ccc(Cl)cc2)[C@H](C)C(=O)NCC(C)C)c2ccccc2)cc1. The van der Waals surface area contributed by atoms with Crippen LogP contribution in [0.5, 0.6) is 0 Å². The standard InChI is InChI=1S/C29H34ClN3O4S/c1-21(2)18-31-29(35)23(4)32(19-24-12-14-25(30)15-13-24)28(34)20-33(26-8-6-5-7-9-26)38(36,37)27-16-10-22(3)11-17-27/h5-17,21,23H,18-20H2,1-4H3,(H,31,35)/t23-/m1/s1. The largest absolute Gasteiger partial charge is 0.354 e. The van der Waals surface area contributed by atoms with Gasteiger partial charge < -0.3 is 10.2 Å². The van der Waals surface area contributed by atoms with Crippen LogP contribution in [0.1, 0.15) is 31.9 Å². The number of hydrogen-bond acceptors (Lipinski definition) is 4. The van der Waals surface area contributed by atoms with Gasteiger partial charge in [0.2, 0.25) is 11.8 Å². The fraction of sp³-hybridized carbons (Fsp3) is 0.310. The number of aryl methyl sites for hydroxylation is 1. The lowest BCUT2D eigenvalue weighted by Gasteiger charge is -2.32. The monoisotopic (exact) mass is 555 g/mol. The molecule has 7 nitrogen and oxygen atoms in total. The molecule has 0 spiro atoms. The molecule has 3 aromatic carbocycles. The van der Waals surface area contributed by atoms with E-state index >= 15 is 0 Å². The number of rotatable bonds is 11. The average Bonchev–Trinajstić information content (AvgIpc) is 2.90. The molecule has 38 heavy (non-hydrogen) atoms. The summed E-state index contributed by atoms with van der Waals surface area (Å²) in [7, 11) is -4.08. The number of nitrogens with one attached hydrogen (secondary N) is 1. The number of hydrogen-bond donors (Lipinski definition) is 1. The highest BCUT2D eigenvalue weighted by Gasteiger charge is 2.32. The molecule has 3 aromatic rings. The highest BCUT2D eigenvalue weighted by molar-refractivity contribution is 7.92. The first kappa shape index (κ1) is 29.2. The molecule has 0 aliphatic carbocycles. The van der Waals surface area contributed by atoms with E-state index in [0.29, 0.717) is 17.3 Å². The molecule has 2 amide bonds. The lowest BCUT2D eigenvalue weighted by atomic mass is 10.1. The first-order valence-corrected chi connectivity index (χ1v) is 14.3. The molecular formula is C29H34ClN3O4S. The van der Waals surface area contributed by atoms with Crippen LogP contribution in [0.3, 0.4) is 0 Å². The van der Waals surface area contributed by atoms with Crippen molar-refractivity contribution in [3.8, 4) is 0 Å². The molecule has 0 saturated carbocycles. The average molecular weight is 556 g/mol. The first-order chi connectivity index (χ1) is 18.0. The Labute approximate surface area is 230 Å². The van der Waals surface area contributed by atoms with Crippen molar-refractivity contribution >= 4 is 39.1 Å². The summed E-state index contributed by atoms with van der Waals surface area (Å²) in [5, 5.41) is 3.42. The van der Waals surface area contributed by atoms with Crippen LogP contribution in [-0.2, 0) is 26.2 Å². The van der Waals surface area contributed by atoms with Crippen molar-refractivity contribution in [3.05, 3.63) is 95.0 Å². The van der Waals surface area contributed by atoms with E-state index in [9.17, 15) is 18.0 Å². The number of halogens is 1. The number of amides is 2. The fourth-order valence-electron chi connectivity index (χ4n) is 3.78. The molecule has 0 radical (unpaired) electrons. The summed E-state index contributed by atoms with van der Waals surface area (Å²) < 4.78 is 28.6. The third kappa shape index (κ3) is 7.58. The number of benzene rings is 3. The maximum Gasteiger partial charge on any atom is 0.264 e. The van der Waals surface area contributed by atoms with Crippen LogP contribution in [0.2, 0.25) is 5.02 Å². The van der Waals surface area contributed by atoms with Crippen molar-refractivity contribution in [2.45, 2.75) is 45.2 Å². The predicted molar refractivity (Wildman–Crippen MR) is 151 cm³/mol. The second-order valence-corrected chi connectivity index (χ2v) is 11.9. The van der Waals surface area contributed by atoms with Crippen LogP contribution in [-0.4, -0.2) is 44.3 Å². The van der Waals surface area contributed by atoms with Crippen molar-refractivity contribution in [1.82, 2.24) is 10.2 Å². The Balaban J connectivity index is 1.97. The number of nitrogens with zero attached hydrogens (tertiary/aromatic N) is 2. The van der Waals surface area contributed by atoms with E-state index in [1.54, 1.807) is 73.7 Å². The van der Waals surface area contributed by atoms with Crippen molar-refractivity contribution in [1.29, 1.82) is 0 Å². The summed E-state index contributed by atoms with van der Waals surface area (Å²) in [5.41, 5.74) is 2.03. The Kier molecular flexibility index (Phi) is 9.94. The summed E-state index contributed by atoms with van der Waals surface area (Å²) in [6.07, 6.45) is 0. The van der Waals surface area contributed by atoms with Crippen molar-refractivity contribution < 1.29 is 18.0 Å². The van der Waals surface area contributed by atoms with Crippen LogP contribution in [0.15, 0.2) is 83.8 Å². The fourth-order valence-corrected chi connectivity index (χ4v) is 5.32. The Hall–Kier alpha value is -3.36. The van der Waals surface area contributed by atoms with Gasteiger partial charge >= 0.3 is 0 Å². The van der Waals surface area contributed by atoms with Crippen molar-refractivity contribution in [2.75, 3.05) is 17.4 Å². The maximum atomic E-state index is 13.8. The van der Waals surface area contributed by atoms with Crippen LogP contribution in [0.4, 0.5) is 5.69 Å². The van der Waals surface area contributed by atoms with E-state index in [2.05, 4.69) is 5.32 Å². The van der Waals surface area contributed by atoms with Gasteiger partial charge in [-0.1, -0.05) is 73.5 Å². The van der Waals surface area contributed by atoms with Gasteiger partial charge in [-0.15, -0.1) is 0 Å². The Bertz CT molecular complexity index is 1330. The Morgan fingerprint density at radius 3 is 2.08 bits per heavy atom. The second kappa shape index (κ2) is 12.9. The van der Waals surface area contributed by atoms with Gasteiger partial charge in [0.05, 0.1) is 10.6 Å². The van der Waals surface area contributed by atoms with Gasteiger partial charge in [-0.05, 0) is 61.7 Å². The summed E-state index contributed by atoms with van der Waals surface area (Å²) in [4.78, 5) is 28.3. The normalized spacial score (nSPS) is 12.2. The zero-order chi connectivity index (χ0) is 27.9. The second-order valence-electron chi connectivity index (χ2n) is 9.62. The van der Waals surface area contributed by atoms with Crippen LogP contribution < -0.4 is 9.62 Å².